The van der Waals surface area contributed by atoms with Crippen molar-refractivity contribution in [3.8, 4) is 0 Å². The summed E-state index contributed by atoms with van der Waals surface area (Å²) in [6, 6.07) is 0. The normalized spacial score (nSPS) is 21.0. The van der Waals surface area contributed by atoms with Gasteiger partial charge in [-0.2, -0.15) is 0 Å². The van der Waals surface area contributed by atoms with Crippen LogP contribution in [0.5, 0.6) is 0 Å². The fraction of sp³-hybridized carbons (Fsp3) is 1.00. The van der Waals surface area contributed by atoms with Crippen molar-refractivity contribution in [2.24, 2.45) is 11.8 Å². The van der Waals surface area contributed by atoms with Gasteiger partial charge in [-0.1, -0.05) is 40.5 Å². The molecule has 1 atom stereocenters. The highest BCUT2D eigenvalue weighted by atomic mass is 16.5. The second-order valence-corrected chi connectivity index (χ2v) is 6.91. The molecule has 1 fully saturated rings. The average Bonchev–Trinajstić information content (AvgIpc) is 2.38. The first-order valence-electron chi connectivity index (χ1n) is 8.49. The number of ether oxygens (including phenoxy) is 2. The molecule has 20 heavy (non-hydrogen) atoms. The Morgan fingerprint density at radius 2 is 1.85 bits per heavy atom. The highest BCUT2D eigenvalue weighted by Gasteiger charge is 2.19. The van der Waals surface area contributed by atoms with E-state index in [1.165, 1.54) is 25.7 Å². The first-order valence-corrected chi connectivity index (χ1v) is 8.49. The van der Waals surface area contributed by atoms with Crippen molar-refractivity contribution in [2.45, 2.75) is 59.5 Å². The molecule has 0 aromatic rings. The lowest BCUT2D eigenvalue weighted by Crippen LogP contribution is -2.43. The first-order chi connectivity index (χ1) is 9.58. The van der Waals surface area contributed by atoms with Crippen LogP contribution in [0.15, 0.2) is 0 Å². The Kier molecular flexibility index (Phi) is 9.49. The van der Waals surface area contributed by atoms with Gasteiger partial charge in [0.05, 0.1) is 19.3 Å². The summed E-state index contributed by atoms with van der Waals surface area (Å²) in [7, 11) is 0. The predicted octanol–water partition coefficient (Wildman–Crippen LogP) is 3.58. The Hall–Kier alpha value is -0.120. The van der Waals surface area contributed by atoms with Gasteiger partial charge in [0.15, 0.2) is 0 Å². The molecule has 0 aromatic carbocycles. The summed E-state index contributed by atoms with van der Waals surface area (Å²) in [4.78, 5) is 2.50. The van der Waals surface area contributed by atoms with Crippen LogP contribution in [-0.2, 0) is 9.47 Å². The monoisotopic (exact) mass is 285 g/mol. The van der Waals surface area contributed by atoms with Crippen LogP contribution >= 0.6 is 0 Å². The van der Waals surface area contributed by atoms with Crippen LogP contribution in [0.4, 0.5) is 0 Å². The Labute approximate surface area is 126 Å². The fourth-order valence-corrected chi connectivity index (χ4v) is 2.53. The Bertz CT molecular complexity index is 231. The summed E-state index contributed by atoms with van der Waals surface area (Å²) in [6.07, 6.45) is 5.43. The van der Waals surface area contributed by atoms with E-state index >= 15 is 0 Å². The van der Waals surface area contributed by atoms with Gasteiger partial charge >= 0.3 is 0 Å². The number of nitrogens with zero attached hydrogens (tertiary/aromatic N) is 1. The highest BCUT2D eigenvalue weighted by Crippen LogP contribution is 2.14. The molecule has 0 aromatic heterocycles. The van der Waals surface area contributed by atoms with Crippen molar-refractivity contribution in [3.63, 3.8) is 0 Å². The SMILES string of the molecule is CC(C)CCCC1CN(CCOCCC(C)C)CCO1. The Morgan fingerprint density at radius 3 is 2.55 bits per heavy atom. The van der Waals surface area contributed by atoms with E-state index in [0.29, 0.717) is 6.10 Å². The van der Waals surface area contributed by atoms with E-state index in [1.807, 2.05) is 0 Å². The summed E-state index contributed by atoms with van der Waals surface area (Å²) in [6.45, 7) is 14.9. The maximum atomic E-state index is 5.87. The third-order valence-electron chi connectivity index (χ3n) is 3.92. The fourth-order valence-electron chi connectivity index (χ4n) is 2.53. The standard InChI is InChI=1S/C17H35NO2/c1-15(2)6-5-7-17-14-18(10-13-20-17)9-12-19-11-8-16(3)4/h15-17H,5-14H2,1-4H3. The molecule has 0 bridgehead atoms. The summed E-state index contributed by atoms with van der Waals surface area (Å²) in [5.41, 5.74) is 0. The average molecular weight is 285 g/mol. The molecule has 0 N–H and O–H groups in total. The molecule has 1 rings (SSSR count). The molecule has 3 heteroatoms. The molecule has 0 radical (unpaired) electrons. The molecule has 0 spiro atoms. The zero-order chi connectivity index (χ0) is 14.8. The topological polar surface area (TPSA) is 21.7 Å². The van der Waals surface area contributed by atoms with Crippen LogP contribution < -0.4 is 0 Å². The van der Waals surface area contributed by atoms with Gasteiger partial charge in [0.2, 0.25) is 0 Å². The van der Waals surface area contributed by atoms with Gasteiger partial charge in [-0.25, -0.2) is 0 Å². The smallest absolute Gasteiger partial charge is 0.0702 e. The molecular formula is C17H35NO2. The lowest BCUT2D eigenvalue weighted by Gasteiger charge is -2.33. The van der Waals surface area contributed by atoms with Gasteiger partial charge < -0.3 is 9.47 Å². The second kappa shape index (κ2) is 10.6. The molecular weight excluding hydrogens is 250 g/mol. The second-order valence-electron chi connectivity index (χ2n) is 6.91. The summed E-state index contributed by atoms with van der Waals surface area (Å²) < 4.78 is 11.6. The van der Waals surface area contributed by atoms with Gasteiger partial charge in [-0.3, -0.25) is 4.90 Å². The van der Waals surface area contributed by atoms with E-state index in [0.717, 1.165) is 51.3 Å². The van der Waals surface area contributed by atoms with E-state index in [1.54, 1.807) is 0 Å². The first kappa shape index (κ1) is 17.9. The van der Waals surface area contributed by atoms with E-state index in [4.69, 9.17) is 9.47 Å². The quantitative estimate of drug-likeness (QED) is 0.573. The van der Waals surface area contributed by atoms with Crippen molar-refractivity contribution >= 4 is 0 Å². The Balaban J connectivity index is 2.05. The summed E-state index contributed by atoms with van der Waals surface area (Å²) >= 11 is 0. The lowest BCUT2D eigenvalue weighted by atomic mass is 10.0. The summed E-state index contributed by atoms with van der Waals surface area (Å²) in [5.74, 6) is 1.55. The van der Waals surface area contributed by atoms with Crippen molar-refractivity contribution in [1.29, 1.82) is 0 Å². The summed E-state index contributed by atoms with van der Waals surface area (Å²) in [5, 5.41) is 0. The molecule has 1 heterocycles. The van der Waals surface area contributed by atoms with Gasteiger partial charge in [0, 0.05) is 26.2 Å². The number of rotatable bonds is 10. The molecule has 1 aliphatic heterocycles. The molecule has 1 saturated heterocycles. The largest absolute Gasteiger partial charge is 0.380 e. The molecule has 1 aliphatic rings. The number of morpholine rings is 1. The van der Waals surface area contributed by atoms with E-state index in [-0.39, 0.29) is 0 Å². The van der Waals surface area contributed by atoms with Crippen LogP contribution in [0.3, 0.4) is 0 Å². The van der Waals surface area contributed by atoms with Crippen molar-refractivity contribution in [1.82, 2.24) is 4.90 Å². The molecule has 1 unspecified atom stereocenters. The lowest BCUT2D eigenvalue weighted by molar-refractivity contribution is -0.0407. The van der Waals surface area contributed by atoms with Gasteiger partial charge in [-0.05, 0) is 24.7 Å². The molecule has 3 nitrogen and oxygen atoms in total. The van der Waals surface area contributed by atoms with E-state index in [2.05, 4.69) is 32.6 Å². The van der Waals surface area contributed by atoms with Crippen LogP contribution in [0.25, 0.3) is 0 Å². The minimum atomic E-state index is 0.443. The molecule has 0 saturated carbocycles. The minimum absolute atomic E-state index is 0.443. The van der Waals surface area contributed by atoms with E-state index in [9.17, 15) is 0 Å². The van der Waals surface area contributed by atoms with Crippen LogP contribution in [0.1, 0.15) is 53.4 Å². The van der Waals surface area contributed by atoms with Gasteiger partial charge in [-0.15, -0.1) is 0 Å². The zero-order valence-corrected chi connectivity index (χ0v) is 14.1. The molecule has 0 amide bonds. The van der Waals surface area contributed by atoms with Gasteiger partial charge in [0.25, 0.3) is 0 Å². The van der Waals surface area contributed by atoms with Crippen LogP contribution in [0, 0.1) is 11.8 Å². The van der Waals surface area contributed by atoms with E-state index < -0.39 is 0 Å². The predicted molar refractivity (Wildman–Crippen MR) is 85.1 cm³/mol. The Morgan fingerprint density at radius 1 is 1.10 bits per heavy atom. The third-order valence-corrected chi connectivity index (χ3v) is 3.92. The highest BCUT2D eigenvalue weighted by molar-refractivity contribution is 4.71. The van der Waals surface area contributed by atoms with Crippen molar-refractivity contribution < 1.29 is 9.47 Å². The molecule has 0 aliphatic carbocycles. The van der Waals surface area contributed by atoms with Crippen molar-refractivity contribution in [3.05, 3.63) is 0 Å². The van der Waals surface area contributed by atoms with Crippen LogP contribution in [-0.4, -0.2) is 50.5 Å². The molecule has 120 valence electrons. The zero-order valence-electron chi connectivity index (χ0n) is 14.1. The van der Waals surface area contributed by atoms with Crippen molar-refractivity contribution in [2.75, 3.05) is 39.5 Å². The number of hydrogen-bond acceptors (Lipinski definition) is 3. The maximum Gasteiger partial charge on any atom is 0.0702 e. The van der Waals surface area contributed by atoms with Gasteiger partial charge in [0.1, 0.15) is 0 Å². The van der Waals surface area contributed by atoms with Crippen LogP contribution in [0.2, 0.25) is 0 Å². The minimum Gasteiger partial charge on any atom is -0.380 e. The third kappa shape index (κ3) is 8.93. The maximum absolute atomic E-state index is 5.87. The number of hydrogen-bond donors (Lipinski definition) is 0.